The van der Waals surface area contributed by atoms with E-state index in [2.05, 4.69) is 15.2 Å². The van der Waals surface area contributed by atoms with Crippen LogP contribution in [0.3, 0.4) is 0 Å². The van der Waals surface area contributed by atoms with Gasteiger partial charge in [0.2, 0.25) is 0 Å². The van der Waals surface area contributed by atoms with Gasteiger partial charge in [-0.05, 0) is 24.1 Å². The van der Waals surface area contributed by atoms with Crippen molar-refractivity contribution in [3.05, 3.63) is 59.8 Å². The molecule has 1 aromatic carbocycles. The molecule has 0 saturated carbocycles. The number of benzene rings is 1. The number of para-hydroxylation sites is 1. The highest BCUT2D eigenvalue weighted by Gasteiger charge is 2.46. The molecular formula is C22H20F3N7. The predicted octanol–water partition coefficient (Wildman–Crippen LogP) is 3.58. The summed E-state index contributed by atoms with van der Waals surface area (Å²) in [5.41, 5.74) is 8.11. The molecule has 3 N–H and O–H groups in total. The minimum Gasteiger partial charge on any atom is -0.326 e. The summed E-state index contributed by atoms with van der Waals surface area (Å²) in [7, 11) is 0. The molecule has 1 aliphatic rings. The summed E-state index contributed by atoms with van der Waals surface area (Å²) < 4.78 is 43.6. The van der Waals surface area contributed by atoms with E-state index in [1.54, 1.807) is 12.1 Å². The lowest BCUT2D eigenvalue weighted by Gasteiger charge is -2.30. The van der Waals surface area contributed by atoms with Crippen LogP contribution in [0.4, 0.5) is 13.2 Å². The maximum atomic E-state index is 14.0. The number of alkyl halides is 3. The smallest absolute Gasteiger partial charge is 0.326 e. The van der Waals surface area contributed by atoms with Gasteiger partial charge in [0.15, 0.2) is 11.5 Å². The largest absolute Gasteiger partial charge is 0.408 e. The molecule has 0 radical (unpaired) electrons. The molecule has 0 amide bonds. The second-order valence-corrected chi connectivity index (χ2v) is 7.96. The van der Waals surface area contributed by atoms with Gasteiger partial charge in [-0.2, -0.15) is 13.2 Å². The van der Waals surface area contributed by atoms with Crippen LogP contribution in [0.25, 0.3) is 28.1 Å². The average molecular weight is 439 g/mol. The molecule has 32 heavy (non-hydrogen) atoms. The monoisotopic (exact) mass is 439 g/mol. The zero-order valence-corrected chi connectivity index (χ0v) is 16.9. The van der Waals surface area contributed by atoms with Gasteiger partial charge in [-0.1, -0.05) is 30.3 Å². The molecule has 164 valence electrons. The summed E-state index contributed by atoms with van der Waals surface area (Å²) in [6.45, 7) is 0.479. The summed E-state index contributed by atoms with van der Waals surface area (Å²) in [5.74, 6) is 0.336. The summed E-state index contributed by atoms with van der Waals surface area (Å²) in [6.07, 6.45) is -1.27. The number of halogens is 3. The Kier molecular flexibility index (Phi) is 4.90. The lowest BCUT2D eigenvalue weighted by atomic mass is 10.1. The van der Waals surface area contributed by atoms with E-state index in [0.717, 1.165) is 5.39 Å². The topological polar surface area (TPSA) is 96.2 Å². The van der Waals surface area contributed by atoms with E-state index in [9.17, 15) is 13.2 Å². The molecule has 1 aliphatic heterocycles. The average Bonchev–Trinajstić information content (AvgIpc) is 3.38. The standard InChI is InChI=1S/C22H20F3N7/c23-22(24,25)20(31-9-8-16(27)12-31)15-5-7-18-29-30-21(32(18)11-15)17-6-4-13-2-1-3-14(10-26)19(13)28-17/h1-7,10-11,16,20,26H,8-9,12,27H2/t16-,20+/m0/s1. The Morgan fingerprint density at radius 1 is 1.12 bits per heavy atom. The first kappa shape index (κ1) is 20.5. The second-order valence-electron chi connectivity index (χ2n) is 7.96. The van der Waals surface area contributed by atoms with E-state index in [0.29, 0.717) is 34.7 Å². The van der Waals surface area contributed by atoms with Crippen LogP contribution in [0.2, 0.25) is 0 Å². The first-order chi connectivity index (χ1) is 15.3. The highest BCUT2D eigenvalue weighted by atomic mass is 19.4. The second kappa shape index (κ2) is 7.64. The Balaban J connectivity index is 1.63. The number of pyridine rings is 2. The van der Waals surface area contributed by atoms with Crippen LogP contribution in [0.15, 0.2) is 48.7 Å². The minimum atomic E-state index is -4.45. The van der Waals surface area contributed by atoms with Crippen molar-refractivity contribution >= 4 is 22.8 Å². The fraction of sp³-hybridized carbons (Fsp3) is 0.273. The van der Waals surface area contributed by atoms with Gasteiger partial charge in [0, 0.05) is 42.5 Å². The Morgan fingerprint density at radius 3 is 2.69 bits per heavy atom. The Bertz CT molecular complexity index is 1310. The van der Waals surface area contributed by atoms with E-state index < -0.39 is 12.2 Å². The Morgan fingerprint density at radius 2 is 1.97 bits per heavy atom. The first-order valence-electron chi connectivity index (χ1n) is 10.2. The van der Waals surface area contributed by atoms with Crippen LogP contribution >= 0.6 is 0 Å². The molecule has 3 aromatic heterocycles. The number of hydrogen-bond donors (Lipinski definition) is 2. The summed E-state index contributed by atoms with van der Waals surface area (Å²) in [6, 6.07) is 10.0. The minimum absolute atomic E-state index is 0.0983. The third kappa shape index (κ3) is 3.51. The fourth-order valence-electron chi connectivity index (χ4n) is 4.31. The lowest BCUT2D eigenvalue weighted by Crippen LogP contribution is -2.38. The molecule has 1 fully saturated rings. The highest BCUT2D eigenvalue weighted by Crippen LogP contribution is 2.39. The van der Waals surface area contributed by atoms with Crippen LogP contribution in [-0.2, 0) is 0 Å². The van der Waals surface area contributed by atoms with E-state index >= 15 is 0 Å². The number of nitrogens with one attached hydrogen (secondary N) is 1. The zero-order chi connectivity index (χ0) is 22.5. The third-order valence-electron chi connectivity index (χ3n) is 5.81. The highest BCUT2D eigenvalue weighted by molar-refractivity contribution is 5.97. The van der Waals surface area contributed by atoms with Crippen LogP contribution in [0.1, 0.15) is 23.6 Å². The maximum Gasteiger partial charge on any atom is 0.408 e. The fourth-order valence-corrected chi connectivity index (χ4v) is 4.31. The molecule has 10 heteroatoms. The van der Waals surface area contributed by atoms with Gasteiger partial charge in [0.1, 0.15) is 11.7 Å². The van der Waals surface area contributed by atoms with Crippen molar-refractivity contribution in [3.8, 4) is 11.5 Å². The molecule has 7 nitrogen and oxygen atoms in total. The van der Waals surface area contributed by atoms with Crippen LogP contribution in [0.5, 0.6) is 0 Å². The molecule has 0 bridgehead atoms. The Hall–Kier alpha value is -3.37. The van der Waals surface area contributed by atoms with E-state index in [1.165, 1.54) is 33.8 Å². The number of likely N-dealkylation sites (tertiary alicyclic amines) is 1. The Labute approximate surface area is 181 Å². The number of hydrogen-bond acceptors (Lipinski definition) is 6. The van der Waals surface area contributed by atoms with Gasteiger partial charge in [0.25, 0.3) is 0 Å². The summed E-state index contributed by atoms with van der Waals surface area (Å²) in [5, 5.41) is 16.7. The van der Waals surface area contributed by atoms with Crippen molar-refractivity contribution in [3.63, 3.8) is 0 Å². The van der Waals surface area contributed by atoms with Gasteiger partial charge < -0.3 is 11.1 Å². The molecule has 0 unspecified atom stereocenters. The van der Waals surface area contributed by atoms with E-state index in [4.69, 9.17) is 11.1 Å². The van der Waals surface area contributed by atoms with Crippen molar-refractivity contribution in [1.82, 2.24) is 24.5 Å². The molecule has 2 atom stereocenters. The molecular weight excluding hydrogens is 419 g/mol. The quantitative estimate of drug-likeness (QED) is 0.474. The normalized spacial score (nSPS) is 18.4. The number of aromatic nitrogens is 4. The van der Waals surface area contributed by atoms with Crippen LogP contribution in [-0.4, -0.2) is 56.0 Å². The van der Waals surface area contributed by atoms with Crippen molar-refractivity contribution in [1.29, 1.82) is 5.41 Å². The lowest BCUT2D eigenvalue weighted by molar-refractivity contribution is -0.183. The predicted molar refractivity (Wildman–Crippen MR) is 115 cm³/mol. The van der Waals surface area contributed by atoms with Gasteiger partial charge in [0.05, 0.1) is 5.52 Å². The SMILES string of the molecule is N=Cc1cccc2ccc(-c3nnc4ccc([C@@H](N5CC[C@H](N)C5)C(F)(F)F)cn34)nc12. The number of fused-ring (bicyclic) bond motifs is 2. The van der Waals surface area contributed by atoms with Gasteiger partial charge in [-0.15, -0.1) is 10.2 Å². The molecule has 4 aromatic rings. The van der Waals surface area contributed by atoms with Crippen LogP contribution < -0.4 is 5.73 Å². The zero-order valence-electron chi connectivity index (χ0n) is 16.9. The van der Waals surface area contributed by atoms with E-state index in [1.807, 2.05) is 18.2 Å². The van der Waals surface area contributed by atoms with Crippen LogP contribution in [0, 0.1) is 5.41 Å². The van der Waals surface area contributed by atoms with Gasteiger partial charge in [-0.25, -0.2) is 4.98 Å². The number of rotatable bonds is 4. The van der Waals surface area contributed by atoms with Crippen molar-refractivity contribution in [2.45, 2.75) is 24.7 Å². The van der Waals surface area contributed by atoms with Crippen molar-refractivity contribution < 1.29 is 13.2 Å². The van der Waals surface area contributed by atoms with Gasteiger partial charge in [-0.3, -0.25) is 9.30 Å². The van der Waals surface area contributed by atoms with Crippen molar-refractivity contribution in [2.24, 2.45) is 5.73 Å². The van der Waals surface area contributed by atoms with Gasteiger partial charge >= 0.3 is 6.18 Å². The molecule has 1 saturated heterocycles. The number of nitrogens with two attached hydrogens (primary N) is 1. The molecule has 4 heterocycles. The summed E-state index contributed by atoms with van der Waals surface area (Å²) in [4.78, 5) is 6.00. The molecule has 5 rings (SSSR count). The summed E-state index contributed by atoms with van der Waals surface area (Å²) >= 11 is 0. The van der Waals surface area contributed by atoms with Crippen molar-refractivity contribution in [2.75, 3.05) is 13.1 Å². The third-order valence-corrected chi connectivity index (χ3v) is 5.81. The number of nitrogens with zero attached hydrogens (tertiary/aromatic N) is 5. The molecule has 0 spiro atoms. The maximum absolute atomic E-state index is 14.0. The molecule has 0 aliphatic carbocycles. The van der Waals surface area contributed by atoms with E-state index in [-0.39, 0.29) is 24.7 Å². The first-order valence-corrected chi connectivity index (χ1v) is 10.2.